The van der Waals surface area contributed by atoms with Crippen molar-refractivity contribution < 1.29 is 9.53 Å². The number of hydrogen-bond donors (Lipinski definition) is 1. The summed E-state index contributed by atoms with van der Waals surface area (Å²) in [5, 5.41) is 4.22. The standard InChI is InChI=1S/C17H25ClN2O2/c1-17(2,3)22-16(21)20-11-6-7-13(10-12-20)19-15-9-5-4-8-14(15)18/h4-5,8-9,13,19H,6-7,10-12H2,1-3H3. The number of benzene rings is 1. The molecule has 1 aliphatic rings. The van der Waals surface area contributed by atoms with Crippen molar-refractivity contribution in [2.75, 3.05) is 18.4 Å². The summed E-state index contributed by atoms with van der Waals surface area (Å²) < 4.78 is 5.45. The number of carbonyl (C=O) groups is 1. The highest BCUT2D eigenvalue weighted by atomic mass is 35.5. The van der Waals surface area contributed by atoms with Crippen LogP contribution in [0.15, 0.2) is 24.3 Å². The van der Waals surface area contributed by atoms with Crippen LogP contribution in [0.2, 0.25) is 5.02 Å². The monoisotopic (exact) mass is 324 g/mol. The summed E-state index contributed by atoms with van der Waals surface area (Å²) >= 11 is 6.19. The van der Waals surface area contributed by atoms with Crippen LogP contribution in [0, 0.1) is 0 Å². The topological polar surface area (TPSA) is 41.6 Å². The molecule has 122 valence electrons. The summed E-state index contributed by atoms with van der Waals surface area (Å²) in [5.41, 5.74) is 0.512. The van der Waals surface area contributed by atoms with Crippen molar-refractivity contribution in [2.24, 2.45) is 0 Å². The van der Waals surface area contributed by atoms with Crippen molar-refractivity contribution in [3.63, 3.8) is 0 Å². The van der Waals surface area contributed by atoms with Gasteiger partial charge in [0.15, 0.2) is 0 Å². The molecule has 5 heteroatoms. The van der Waals surface area contributed by atoms with Gasteiger partial charge < -0.3 is 15.0 Å². The quantitative estimate of drug-likeness (QED) is 0.868. The Morgan fingerprint density at radius 3 is 2.68 bits per heavy atom. The van der Waals surface area contributed by atoms with Gasteiger partial charge in [0.05, 0.1) is 10.7 Å². The molecule has 1 aromatic rings. The number of halogens is 1. The molecular formula is C17H25ClN2O2. The second-order valence-corrected chi connectivity index (χ2v) is 7.13. The van der Waals surface area contributed by atoms with Crippen molar-refractivity contribution in [3.8, 4) is 0 Å². The minimum absolute atomic E-state index is 0.217. The second kappa shape index (κ2) is 7.23. The van der Waals surface area contributed by atoms with Crippen LogP contribution in [0.4, 0.5) is 10.5 Å². The van der Waals surface area contributed by atoms with Gasteiger partial charge in [0, 0.05) is 19.1 Å². The first-order valence-electron chi connectivity index (χ1n) is 7.84. The maximum atomic E-state index is 12.1. The van der Waals surface area contributed by atoms with E-state index in [1.165, 1.54) is 0 Å². The third-order valence-corrected chi connectivity index (χ3v) is 3.94. The average molecular weight is 325 g/mol. The van der Waals surface area contributed by atoms with E-state index in [9.17, 15) is 4.79 Å². The van der Waals surface area contributed by atoms with Crippen molar-refractivity contribution >= 4 is 23.4 Å². The van der Waals surface area contributed by atoms with E-state index in [0.717, 1.165) is 36.5 Å². The van der Waals surface area contributed by atoms with Gasteiger partial charge in [-0.2, -0.15) is 0 Å². The molecule has 22 heavy (non-hydrogen) atoms. The van der Waals surface area contributed by atoms with Gasteiger partial charge in [-0.05, 0) is 52.2 Å². The number of rotatable bonds is 2. The summed E-state index contributed by atoms with van der Waals surface area (Å²) in [6.07, 6.45) is 2.65. The third kappa shape index (κ3) is 5.09. The SMILES string of the molecule is CC(C)(C)OC(=O)N1CCCC(Nc2ccccc2Cl)CC1. The van der Waals surface area contributed by atoms with E-state index in [0.29, 0.717) is 12.6 Å². The molecule has 1 aliphatic heterocycles. The van der Waals surface area contributed by atoms with E-state index in [1.54, 1.807) is 4.90 Å². The fourth-order valence-corrected chi connectivity index (χ4v) is 2.74. The van der Waals surface area contributed by atoms with Gasteiger partial charge in [-0.3, -0.25) is 0 Å². The number of amides is 1. The van der Waals surface area contributed by atoms with Crippen LogP contribution in [0.25, 0.3) is 0 Å². The summed E-state index contributed by atoms with van der Waals surface area (Å²) in [6.45, 7) is 7.13. The zero-order valence-corrected chi connectivity index (χ0v) is 14.3. The molecule has 4 nitrogen and oxygen atoms in total. The number of hydrogen-bond acceptors (Lipinski definition) is 3. The van der Waals surface area contributed by atoms with Crippen molar-refractivity contribution in [2.45, 2.75) is 51.7 Å². The van der Waals surface area contributed by atoms with E-state index >= 15 is 0 Å². The van der Waals surface area contributed by atoms with Crippen LogP contribution in [0.1, 0.15) is 40.0 Å². The molecule has 0 spiro atoms. The van der Waals surface area contributed by atoms with Crippen LogP contribution in [-0.4, -0.2) is 35.7 Å². The van der Waals surface area contributed by atoms with Crippen LogP contribution in [0.3, 0.4) is 0 Å². The summed E-state index contributed by atoms with van der Waals surface area (Å²) in [6, 6.07) is 8.09. The molecule has 1 amide bonds. The first kappa shape index (κ1) is 16.9. The highest BCUT2D eigenvalue weighted by molar-refractivity contribution is 6.33. The fourth-order valence-electron chi connectivity index (χ4n) is 2.55. The molecule has 1 heterocycles. The van der Waals surface area contributed by atoms with Gasteiger partial charge in [0.2, 0.25) is 0 Å². The van der Waals surface area contributed by atoms with E-state index < -0.39 is 5.60 Å². The highest BCUT2D eigenvalue weighted by Crippen LogP contribution is 2.24. The van der Waals surface area contributed by atoms with Crippen molar-refractivity contribution in [3.05, 3.63) is 29.3 Å². The smallest absolute Gasteiger partial charge is 0.410 e. The second-order valence-electron chi connectivity index (χ2n) is 6.72. The molecule has 0 aliphatic carbocycles. The van der Waals surface area contributed by atoms with E-state index in [2.05, 4.69) is 5.32 Å². The predicted octanol–water partition coefficient (Wildman–Crippen LogP) is 4.54. The molecule has 0 bridgehead atoms. The first-order chi connectivity index (χ1) is 10.3. The maximum absolute atomic E-state index is 12.1. The number of anilines is 1. The van der Waals surface area contributed by atoms with Gasteiger partial charge in [0.1, 0.15) is 5.60 Å². The summed E-state index contributed by atoms with van der Waals surface area (Å²) in [5.74, 6) is 0. The lowest BCUT2D eigenvalue weighted by Gasteiger charge is -2.26. The maximum Gasteiger partial charge on any atom is 0.410 e. The number of likely N-dealkylation sites (tertiary alicyclic amines) is 1. The number of para-hydroxylation sites is 1. The predicted molar refractivity (Wildman–Crippen MR) is 90.5 cm³/mol. The van der Waals surface area contributed by atoms with E-state index in [-0.39, 0.29) is 6.09 Å². The van der Waals surface area contributed by atoms with Crippen LogP contribution < -0.4 is 5.32 Å². The Bertz CT molecular complexity index is 514. The normalized spacial score (nSPS) is 19.5. The molecule has 0 radical (unpaired) electrons. The van der Waals surface area contributed by atoms with E-state index in [4.69, 9.17) is 16.3 Å². The lowest BCUT2D eigenvalue weighted by atomic mass is 10.1. The molecule has 1 N–H and O–H groups in total. The Balaban J connectivity index is 1.90. The minimum atomic E-state index is -0.446. The van der Waals surface area contributed by atoms with Crippen LogP contribution in [0.5, 0.6) is 0 Å². The van der Waals surface area contributed by atoms with Crippen LogP contribution in [-0.2, 0) is 4.74 Å². The Morgan fingerprint density at radius 2 is 2.00 bits per heavy atom. The van der Waals surface area contributed by atoms with Crippen molar-refractivity contribution in [1.82, 2.24) is 4.90 Å². The molecule has 1 fully saturated rings. The number of carbonyl (C=O) groups excluding carboxylic acids is 1. The van der Waals surface area contributed by atoms with Gasteiger partial charge >= 0.3 is 6.09 Å². The number of ether oxygens (including phenoxy) is 1. The molecule has 0 saturated carbocycles. The number of nitrogens with zero attached hydrogens (tertiary/aromatic N) is 1. The lowest BCUT2D eigenvalue weighted by molar-refractivity contribution is 0.0256. The Kier molecular flexibility index (Phi) is 5.57. The minimum Gasteiger partial charge on any atom is -0.444 e. The Labute approximate surface area is 137 Å². The van der Waals surface area contributed by atoms with Gasteiger partial charge in [-0.15, -0.1) is 0 Å². The molecule has 0 aromatic heterocycles. The summed E-state index contributed by atoms with van der Waals surface area (Å²) in [7, 11) is 0. The fraction of sp³-hybridized carbons (Fsp3) is 0.588. The third-order valence-electron chi connectivity index (χ3n) is 3.61. The lowest BCUT2D eigenvalue weighted by Crippen LogP contribution is -2.37. The average Bonchev–Trinajstić information content (AvgIpc) is 2.65. The summed E-state index contributed by atoms with van der Waals surface area (Å²) in [4.78, 5) is 14.0. The van der Waals surface area contributed by atoms with E-state index in [1.807, 2.05) is 45.0 Å². The Morgan fingerprint density at radius 1 is 1.27 bits per heavy atom. The van der Waals surface area contributed by atoms with Crippen LogP contribution >= 0.6 is 11.6 Å². The molecule has 1 atom stereocenters. The van der Waals surface area contributed by atoms with Gasteiger partial charge in [-0.25, -0.2) is 4.79 Å². The molecule has 2 rings (SSSR count). The zero-order chi connectivity index (χ0) is 16.2. The van der Waals surface area contributed by atoms with Gasteiger partial charge in [-0.1, -0.05) is 23.7 Å². The van der Waals surface area contributed by atoms with Crippen molar-refractivity contribution in [1.29, 1.82) is 0 Å². The molecule has 1 unspecified atom stereocenters. The number of nitrogens with one attached hydrogen (secondary N) is 1. The zero-order valence-electron chi connectivity index (χ0n) is 13.6. The molecule has 1 saturated heterocycles. The molecular weight excluding hydrogens is 300 g/mol. The van der Waals surface area contributed by atoms with Gasteiger partial charge in [0.25, 0.3) is 0 Å². The largest absolute Gasteiger partial charge is 0.444 e. The Hall–Kier alpha value is -1.42. The first-order valence-corrected chi connectivity index (χ1v) is 8.22. The highest BCUT2D eigenvalue weighted by Gasteiger charge is 2.25. The molecule has 1 aromatic carbocycles.